The Kier molecular flexibility index (Phi) is 1.54. The third-order valence-corrected chi connectivity index (χ3v) is 2.00. The summed E-state index contributed by atoms with van der Waals surface area (Å²) in [5.41, 5.74) is 5.72. The quantitative estimate of drug-likeness (QED) is 0.594. The molecule has 0 amide bonds. The fourth-order valence-electron chi connectivity index (χ4n) is 1.32. The second-order valence-corrected chi connectivity index (χ2v) is 2.90. The zero-order valence-electron chi connectivity index (χ0n) is 7.40. The van der Waals surface area contributed by atoms with E-state index in [1.54, 1.807) is 13.1 Å². The summed E-state index contributed by atoms with van der Waals surface area (Å²) in [5, 5.41) is 13.1. The molecule has 0 atom stereocenters. The third-order valence-electron chi connectivity index (χ3n) is 2.00. The number of H-pyrrole nitrogens is 1. The van der Waals surface area contributed by atoms with E-state index in [1.807, 2.05) is 0 Å². The predicted molar refractivity (Wildman–Crippen MR) is 50.5 cm³/mol. The number of hydrogen-bond acceptors (Lipinski definition) is 4. The Hall–Kier alpha value is -2.29. The standard InChI is InChI=1S/C8H7N5O/c1-13-7-5(6(10)12-13)2-4(3-9)8(14)11-7/h2H,1H3,(H2,10,12)(H,11,14). The van der Waals surface area contributed by atoms with Gasteiger partial charge in [0, 0.05) is 7.05 Å². The lowest BCUT2D eigenvalue weighted by Crippen LogP contribution is -2.10. The van der Waals surface area contributed by atoms with E-state index in [0.29, 0.717) is 16.9 Å². The maximum Gasteiger partial charge on any atom is 0.267 e. The molecule has 0 radical (unpaired) electrons. The summed E-state index contributed by atoms with van der Waals surface area (Å²) in [6.45, 7) is 0. The van der Waals surface area contributed by atoms with Crippen LogP contribution in [0.25, 0.3) is 11.0 Å². The van der Waals surface area contributed by atoms with Crippen LogP contribution in [-0.4, -0.2) is 14.8 Å². The Morgan fingerprint density at radius 1 is 1.71 bits per heavy atom. The van der Waals surface area contributed by atoms with Crippen LogP contribution < -0.4 is 11.3 Å². The molecule has 70 valence electrons. The lowest BCUT2D eigenvalue weighted by atomic mass is 10.2. The van der Waals surface area contributed by atoms with Crippen molar-refractivity contribution in [1.82, 2.24) is 14.8 Å². The highest BCUT2D eigenvalue weighted by Gasteiger charge is 2.09. The molecule has 0 saturated heterocycles. The average Bonchev–Trinajstić information content (AvgIpc) is 2.41. The van der Waals surface area contributed by atoms with Crippen molar-refractivity contribution in [2.24, 2.45) is 7.05 Å². The zero-order chi connectivity index (χ0) is 10.3. The van der Waals surface area contributed by atoms with Gasteiger partial charge in [-0.05, 0) is 6.07 Å². The van der Waals surface area contributed by atoms with Crippen molar-refractivity contribution < 1.29 is 0 Å². The van der Waals surface area contributed by atoms with Crippen molar-refractivity contribution in [2.75, 3.05) is 5.73 Å². The minimum atomic E-state index is -0.428. The summed E-state index contributed by atoms with van der Waals surface area (Å²) < 4.78 is 1.47. The van der Waals surface area contributed by atoms with Gasteiger partial charge in [-0.3, -0.25) is 4.79 Å². The molecule has 2 heterocycles. The van der Waals surface area contributed by atoms with Gasteiger partial charge >= 0.3 is 0 Å². The van der Waals surface area contributed by atoms with Gasteiger partial charge in [0.2, 0.25) is 0 Å². The van der Waals surface area contributed by atoms with E-state index in [4.69, 9.17) is 11.0 Å². The second kappa shape index (κ2) is 2.60. The normalized spacial score (nSPS) is 10.3. The zero-order valence-corrected chi connectivity index (χ0v) is 7.40. The molecule has 0 unspecified atom stereocenters. The molecule has 6 nitrogen and oxygen atoms in total. The Morgan fingerprint density at radius 2 is 2.43 bits per heavy atom. The van der Waals surface area contributed by atoms with Crippen LogP contribution in [0.5, 0.6) is 0 Å². The minimum absolute atomic E-state index is 0.0391. The average molecular weight is 189 g/mol. The number of hydrogen-bond donors (Lipinski definition) is 2. The van der Waals surface area contributed by atoms with Crippen molar-refractivity contribution in [2.45, 2.75) is 0 Å². The third kappa shape index (κ3) is 0.959. The van der Waals surface area contributed by atoms with E-state index in [-0.39, 0.29) is 5.56 Å². The number of nitriles is 1. The molecule has 0 aliphatic carbocycles. The van der Waals surface area contributed by atoms with E-state index in [1.165, 1.54) is 10.7 Å². The van der Waals surface area contributed by atoms with Gasteiger partial charge in [-0.2, -0.15) is 10.4 Å². The topological polar surface area (TPSA) is 100 Å². The van der Waals surface area contributed by atoms with E-state index in [9.17, 15) is 4.79 Å². The maximum absolute atomic E-state index is 11.3. The number of fused-ring (bicyclic) bond motifs is 1. The number of aryl methyl sites for hydroxylation is 1. The van der Waals surface area contributed by atoms with Gasteiger partial charge in [-0.15, -0.1) is 0 Å². The van der Waals surface area contributed by atoms with Crippen molar-refractivity contribution >= 4 is 16.9 Å². The molecular formula is C8H7N5O. The first kappa shape index (κ1) is 8.31. The lowest BCUT2D eigenvalue weighted by Gasteiger charge is -1.93. The molecular weight excluding hydrogens is 182 g/mol. The smallest absolute Gasteiger partial charge is 0.267 e. The Balaban J connectivity index is 2.98. The first-order chi connectivity index (χ1) is 6.63. The summed E-state index contributed by atoms with van der Waals surface area (Å²) in [7, 11) is 1.67. The summed E-state index contributed by atoms with van der Waals surface area (Å²) >= 11 is 0. The molecule has 6 heteroatoms. The number of aromatic amines is 1. The minimum Gasteiger partial charge on any atom is -0.382 e. The van der Waals surface area contributed by atoms with Crippen LogP contribution >= 0.6 is 0 Å². The largest absolute Gasteiger partial charge is 0.382 e. The van der Waals surface area contributed by atoms with Gasteiger partial charge in [-0.25, -0.2) is 4.68 Å². The van der Waals surface area contributed by atoms with Gasteiger partial charge in [-0.1, -0.05) is 0 Å². The Bertz CT molecular complexity index is 600. The molecule has 0 aliphatic heterocycles. The number of rotatable bonds is 0. The van der Waals surface area contributed by atoms with E-state index in [0.717, 1.165) is 0 Å². The van der Waals surface area contributed by atoms with Crippen molar-refractivity contribution in [3.8, 4) is 6.07 Å². The number of anilines is 1. The van der Waals surface area contributed by atoms with Crippen molar-refractivity contribution in [3.63, 3.8) is 0 Å². The predicted octanol–water partition coefficient (Wildman–Crippen LogP) is -0.285. The Morgan fingerprint density at radius 3 is 3.07 bits per heavy atom. The number of nitrogen functional groups attached to an aromatic ring is 1. The number of nitrogens with two attached hydrogens (primary N) is 1. The Labute approximate surface area is 78.6 Å². The number of nitrogens with one attached hydrogen (secondary N) is 1. The van der Waals surface area contributed by atoms with Crippen LogP contribution in [0.1, 0.15) is 5.56 Å². The monoisotopic (exact) mass is 189 g/mol. The molecule has 0 aliphatic rings. The molecule has 2 aromatic heterocycles. The molecule has 0 fully saturated rings. The van der Waals surface area contributed by atoms with Gasteiger partial charge in [0.15, 0.2) is 5.82 Å². The van der Waals surface area contributed by atoms with Crippen molar-refractivity contribution in [1.29, 1.82) is 5.26 Å². The second-order valence-electron chi connectivity index (χ2n) is 2.90. The van der Waals surface area contributed by atoms with Gasteiger partial charge in [0.05, 0.1) is 5.39 Å². The summed E-state index contributed by atoms with van der Waals surface area (Å²) in [6.07, 6.45) is 0. The SMILES string of the molecule is Cn1nc(N)c2cc(C#N)c(=O)[nH]c21. The lowest BCUT2D eigenvalue weighted by molar-refractivity contribution is 0.789. The van der Waals surface area contributed by atoms with Crippen molar-refractivity contribution in [3.05, 3.63) is 22.0 Å². The molecule has 2 rings (SSSR count). The number of nitrogens with zero attached hydrogens (tertiary/aromatic N) is 3. The summed E-state index contributed by atoms with van der Waals surface area (Å²) in [6, 6.07) is 3.23. The summed E-state index contributed by atoms with van der Waals surface area (Å²) in [5.74, 6) is 0.301. The van der Waals surface area contributed by atoms with Gasteiger partial charge < -0.3 is 10.7 Å². The summed E-state index contributed by atoms with van der Waals surface area (Å²) in [4.78, 5) is 13.8. The highest BCUT2D eigenvalue weighted by Crippen LogP contribution is 2.16. The van der Waals surface area contributed by atoms with Crippen LogP contribution in [-0.2, 0) is 7.05 Å². The number of pyridine rings is 1. The van der Waals surface area contributed by atoms with Gasteiger partial charge in [0.25, 0.3) is 5.56 Å². The van der Waals surface area contributed by atoms with E-state index < -0.39 is 5.56 Å². The highest BCUT2D eigenvalue weighted by atomic mass is 16.1. The molecule has 0 bridgehead atoms. The molecule has 0 aromatic carbocycles. The van der Waals surface area contributed by atoms with Crippen LogP contribution in [0.2, 0.25) is 0 Å². The number of aromatic nitrogens is 3. The van der Waals surface area contributed by atoms with Crippen LogP contribution in [0.4, 0.5) is 5.82 Å². The fraction of sp³-hybridized carbons (Fsp3) is 0.125. The highest BCUT2D eigenvalue weighted by molar-refractivity contribution is 5.86. The van der Waals surface area contributed by atoms with Crippen LogP contribution in [0.3, 0.4) is 0 Å². The first-order valence-corrected chi connectivity index (χ1v) is 3.89. The first-order valence-electron chi connectivity index (χ1n) is 3.89. The molecule has 3 N–H and O–H groups in total. The maximum atomic E-state index is 11.3. The molecule has 0 saturated carbocycles. The fourth-order valence-corrected chi connectivity index (χ4v) is 1.32. The van der Waals surface area contributed by atoms with E-state index >= 15 is 0 Å². The van der Waals surface area contributed by atoms with E-state index in [2.05, 4.69) is 10.1 Å². The van der Waals surface area contributed by atoms with Crippen LogP contribution in [0.15, 0.2) is 10.9 Å². The van der Waals surface area contributed by atoms with Gasteiger partial charge in [0.1, 0.15) is 17.3 Å². The molecule has 14 heavy (non-hydrogen) atoms. The van der Waals surface area contributed by atoms with Crippen LogP contribution in [0, 0.1) is 11.3 Å². The molecule has 0 spiro atoms. The molecule has 2 aromatic rings.